The number of nitrogens with zero attached hydrogens (tertiary/aromatic N) is 2. The number of thiophene rings is 1. The zero-order valence-corrected chi connectivity index (χ0v) is 17.5. The van der Waals surface area contributed by atoms with E-state index in [1.54, 1.807) is 32.4 Å². The molecular weight excluding hydrogens is 386 g/mol. The lowest BCUT2D eigenvalue weighted by atomic mass is 10.2. The van der Waals surface area contributed by atoms with Crippen LogP contribution in [-0.2, 0) is 0 Å². The summed E-state index contributed by atoms with van der Waals surface area (Å²) in [7, 11) is 3.15. The van der Waals surface area contributed by atoms with Gasteiger partial charge in [0.25, 0.3) is 5.91 Å². The number of anilines is 1. The van der Waals surface area contributed by atoms with Crippen molar-refractivity contribution in [2.75, 3.05) is 19.5 Å². The molecule has 0 atom stereocenters. The van der Waals surface area contributed by atoms with Crippen molar-refractivity contribution in [1.82, 2.24) is 9.78 Å². The molecule has 4 rings (SSSR count). The molecule has 4 aromatic rings. The summed E-state index contributed by atoms with van der Waals surface area (Å²) in [4.78, 5) is 14.5. The number of amides is 1. The van der Waals surface area contributed by atoms with Crippen LogP contribution in [0.25, 0.3) is 15.9 Å². The van der Waals surface area contributed by atoms with Gasteiger partial charge in [-0.25, -0.2) is 4.68 Å². The second-order valence-electron chi connectivity index (χ2n) is 6.63. The molecule has 0 aliphatic carbocycles. The predicted octanol–water partition coefficient (Wildman–Crippen LogP) is 4.97. The maximum atomic E-state index is 12.9. The molecular formula is C22H21N3O3S. The Morgan fingerprint density at radius 2 is 1.86 bits per heavy atom. The van der Waals surface area contributed by atoms with Crippen LogP contribution >= 0.6 is 11.3 Å². The van der Waals surface area contributed by atoms with Gasteiger partial charge in [-0.15, -0.1) is 11.3 Å². The molecule has 2 aromatic carbocycles. The highest BCUT2D eigenvalue weighted by Crippen LogP contribution is 2.33. The number of aryl methyl sites for hydroxylation is 2. The molecule has 29 heavy (non-hydrogen) atoms. The van der Waals surface area contributed by atoms with Gasteiger partial charge in [0.1, 0.15) is 16.3 Å². The molecule has 0 aliphatic heterocycles. The number of aromatic nitrogens is 2. The van der Waals surface area contributed by atoms with Crippen molar-refractivity contribution >= 4 is 33.1 Å². The minimum Gasteiger partial charge on any atom is -0.497 e. The van der Waals surface area contributed by atoms with Crippen molar-refractivity contribution in [3.05, 3.63) is 64.7 Å². The van der Waals surface area contributed by atoms with E-state index in [9.17, 15) is 4.79 Å². The lowest BCUT2D eigenvalue weighted by Crippen LogP contribution is -2.11. The van der Waals surface area contributed by atoms with Gasteiger partial charge in [-0.3, -0.25) is 4.79 Å². The third kappa shape index (κ3) is 3.45. The predicted molar refractivity (Wildman–Crippen MR) is 116 cm³/mol. The van der Waals surface area contributed by atoms with Crippen LogP contribution in [0, 0.1) is 13.8 Å². The highest BCUT2D eigenvalue weighted by molar-refractivity contribution is 7.20. The van der Waals surface area contributed by atoms with Crippen LogP contribution in [0.3, 0.4) is 0 Å². The standard InChI is InChI=1S/C22H21N3O3S/c1-13-7-5-6-8-18(13)25-22-16(14(2)24-25)12-20(29-22)21(26)23-17-10-9-15(27-3)11-19(17)28-4/h5-12H,1-4H3,(H,23,26). The average Bonchev–Trinajstić information content (AvgIpc) is 3.29. The van der Waals surface area contributed by atoms with E-state index < -0.39 is 0 Å². The van der Waals surface area contributed by atoms with Crippen LogP contribution in [0.1, 0.15) is 20.9 Å². The van der Waals surface area contributed by atoms with Gasteiger partial charge in [-0.1, -0.05) is 18.2 Å². The summed E-state index contributed by atoms with van der Waals surface area (Å²) < 4.78 is 12.5. The molecule has 2 heterocycles. The van der Waals surface area contributed by atoms with Gasteiger partial charge in [0, 0.05) is 11.5 Å². The Bertz CT molecular complexity index is 1210. The number of hydrogen-bond donors (Lipinski definition) is 1. The van der Waals surface area contributed by atoms with Crippen LogP contribution in [0.4, 0.5) is 5.69 Å². The fraction of sp³-hybridized carbons (Fsp3) is 0.182. The third-order valence-corrected chi connectivity index (χ3v) is 5.88. The van der Waals surface area contributed by atoms with E-state index in [1.165, 1.54) is 11.3 Å². The number of fused-ring (bicyclic) bond motifs is 1. The Morgan fingerprint density at radius 3 is 2.59 bits per heavy atom. The molecule has 7 heteroatoms. The second-order valence-corrected chi connectivity index (χ2v) is 7.66. The monoisotopic (exact) mass is 407 g/mol. The number of rotatable bonds is 5. The molecule has 0 bridgehead atoms. The first-order valence-corrected chi connectivity index (χ1v) is 9.92. The van der Waals surface area contributed by atoms with Crippen molar-refractivity contribution in [3.63, 3.8) is 0 Å². The minimum atomic E-state index is -0.189. The Morgan fingerprint density at radius 1 is 1.07 bits per heavy atom. The summed E-state index contributed by atoms with van der Waals surface area (Å²) in [5.41, 5.74) is 3.61. The van der Waals surface area contributed by atoms with Crippen LogP contribution in [0.5, 0.6) is 11.5 Å². The molecule has 0 saturated heterocycles. The zero-order chi connectivity index (χ0) is 20.5. The molecule has 1 N–H and O–H groups in total. The van der Waals surface area contributed by atoms with E-state index in [1.807, 2.05) is 35.9 Å². The minimum absolute atomic E-state index is 0.189. The van der Waals surface area contributed by atoms with Gasteiger partial charge in [-0.2, -0.15) is 5.10 Å². The molecule has 1 amide bonds. The number of ether oxygens (including phenoxy) is 2. The number of carbonyl (C=O) groups is 1. The molecule has 0 fully saturated rings. The first-order valence-electron chi connectivity index (χ1n) is 9.10. The lowest BCUT2D eigenvalue weighted by molar-refractivity contribution is 0.103. The fourth-order valence-electron chi connectivity index (χ4n) is 3.21. The van der Waals surface area contributed by atoms with Gasteiger partial charge < -0.3 is 14.8 Å². The van der Waals surface area contributed by atoms with Gasteiger partial charge >= 0.3 is 0 Å². The Labute approximate surface area is 172 Å². The molecule has 0 saturated carbocycles. The van der Waals surface area contributed by atoms with E-state index >= 15 is 0 Å². The summed E-state index contributed by atoms with van der Waals surface area (Å²) in [6.07, 6.45) is 0. The van der Waals surface area contributed by atoms with E-state index in [-0.39, 0.29) is 5.91 Å². The van der Waals surface area contributed by atoms with E-state index in [2.05, 4.69) is 23.4 Å². The largest absolute Gasteiger partial charge is 0.497 e. The zero-order valence-electron chi connectivity index (χ0n) is 16.6. The molecule has 0 unspecified atom stereocenters. The van der Waals surface area contributed by atoms with E-state index in [0.717, 1.165) is 27.2 Å². The molecule has 0 spiro atoms. The molecule has 148 valence electrons. The van der Waals surface area contributed by atoms with Crippen LogP contribution in [-0.4, -0.2) is 29.9 Å². The number of para-hydroxylation sites is 1. The van der Waals surface area contributed by atoms with Gasteiger partial charge in [0.2, 0.25) is 0 Å². The average molecular weight is 407 g/mol. The maximum absolute atomic E-state index is 12.9. The summed E-state index contributed by atoms with van der Waals surface area (Å²) in [6, 6.07) is 15.2. The van der Waals surface area contributed by atoms with Gasteiger partial charge in [-0.05, 0) is 43.7 Å². The quantitative estimate of drug-likeness (QED) is 0.507. The number of benzene rings is 2. The summed E-state index contributed by atoms with van der Waals surface area (Å²) in [5, 5.41) is 8.58. The van der Waals surface area contributed by atoms with Crippen LogP contribution < -0.4 is 14.8 Å². The molecule has 0 aliphatic rings. The topological polar surface area (TPSA) is 65.4 Å². The first-order chi connectivity index (χ1) is 14.0. The van der Waals surface area contributed by atoms with E-state index in [4.69, 9.17) is 9.47 Å². The van der Waals surface area contributed by atoms with Crippen molar-refractivity contribution < 1.29 is 14.3 Å². The summed E-state index contributed by atoms with van der Waals surface area (Å²) in [6.45, 7) is 4.01. The van der Waals surface area contributed by atoms with Gasteiger partial charge in [0.05, 0.1) is 36.2 Å². The summed E-state index contributed by atoms with van der Waals surface area (Å²) >= 11 is 1.42. The van der Waals surface area contributed by atoms with Gasteiger partial charge in [0.15, 0.2) is 0 Å². The smallest absolute Gasteiger partial charge is 0.265 e. The molecule has 2 aromatic heterocycles. The normalized spacial score (nSPS) is 10.9. The second kappa shape index (κ2) is 7.60. The number of nitrogens with one attached hydrogen (secondary N) is 1. The Hall–Kier alpha value is -3.32. The number of carbonyl (C=O) groups excluding carboxylic acids is 1. The Balaban J connectivity index is 1.70. The lowest BCUT2D eigenvalue weighted by Gasteiger charge is -2.11. The van der Waals surface area contributed by atoms with Crippen LogP contribution in [0.15, 0.2) is 48.5 Å². The first kappa shape index (κ1) is 19.0. The Kier molecular flexibility index (Phi) is 4.98. The van der Waals surface area contributed by atoms with E-state index in [0.29, 0.717) is 22.1 Å². The van der Waals surface area contributed by atoms with Crippen molar-refractivity contribution in [2.24, 2.45) is 0 Å². The van der Waals surface area contributed by atoms with Crippen molar-refractivity contribution in [3.8, 4) is 17.2 Å². The van der Waals surface area contributed by atoms with Crippen molar-refractivity contribution in [1.29, 1.82) is 0 Å². The highest BCUT2D eigenvalue weighted by atomic mass is 32.1. The highest BCUT2D eigenvalue weighted by Gasteiger charge is 2.19. The van der Waals surface area contributed by atoms with Crippen molar-refractivity contribution in [2.45, 2.75) is 13.8 Å². The fourth-order valence-corrected chi connectivity index (χ4v) is 4.28. The number of methoxy groups -OCH3 is 2. The molecule has 0 radical (unpaired) electrons. The third-order valence-electron chi connectivity index (χ3n) is 4.77. The summed E-state index contributed by atoms with van der Waals surface area (Å²) in [5.74, 6) is 1.02. The SMILES string of the molecule is COc1ccc(NC(=O)c2cc3c(C)nn(-c4ccccc4C)c3s2)c(OC)c1. The maximum Gasteiger partial charge on any atom is 0.265 e. The molecule has 6 nitrogen and oxygen atoms in total. The number of hydrogen-bond acceptors (Lipinski definition) is 5. The van der Waals surface area contributed by atoms with Crippen LogP contribution in [0.2, 0.25) is 0 Å².